The fourth-order valence-electron chi connectivity index (χ4n) is 2.10. The highest BCUT2D eigenvalue weighted by Crippen LogP contribution is 2.29. The Morgan fingerprint density at radius 1 is 1.22 bits per heavy atom. The highest BCUT2D eigenvalue weighted by atomic mass is 35.5. The van der Waals surface area contributed by atoms with E-state index in [9.17, 15) is 26.7 Å². The summed E-state index contributed by atoms with van der Waals surface area (Å²) in [5.41, 5.74) is -0.476. The predicted molar refractivity (Wildman–Crippen MR) is 82.2 cm³/mol. The Kier molecular flexibility index (Phi) is 4.96. The van der Waals surface area contributed by atoms with Crippen LogP contribution in [0.15, 0.2) is 17.0 Å². The quantitative estimate of drug-likeness (QED) is 0.648. The van der Waals surface area contributed by atoms with Crippen molar-refractivity contribution in [2.24, 2.45) is 0 Å². The molecule has 3 N–H and O–H groups in total. The van der Waals surface area contributed by atoms with Crippen molar-refractivity contribution in [2.75, 3.05) is 11.5 Å². The van der Waals surface area contributed by atoms with Gasteiger partial charge in [0.2, 0.25) is 10.0 Å². The Morgan fingerprint density at radius 3 is 2.30 bits per heavy atom. The molecular formula is C11H11Cl2NO7S2. The molecule has 0 spiro atoms. The molecule has 128 valence electrons. The van der Waals surface area contributed by atoms with E-state index in [2.05, 4.69) is 0 Å². The number of sulfone groups is 1. The van der Waals surface area contributed by atoms with Gasteiger partial charge in [-0.25, -0.2) is 26.4 Å². The van der Waals surface area contributed by atoms with Crippen LogP contribution >= 0.6 is 23.2 Å². The summed E-state index contributed by atoms with van der Waals surface area (Å²) in [5.74, 6) is -2.58. The number of aliphatic hydroxyl groups excluding tert-OH is 1. The zero-order valence-corrected chi connectivity index (χ0v) is 14.4. The SMILES string of the molecule is O=C(O)c1cc(S(=O)(=O)NC2CS(=O)(=O)CC2O)c(Cl)cc1Cl. The van der Waals surface area contributed by atoms with Crippen molar-refractivity contribution in [3.05, 3.63) is 27.7 Å². The first-order chi connectivity index (χ1) is 10.4. The van der Waals surface area contributed by atoms with Gasteiger partial charge in [0.15, 0.2) is 9.84 Å². The smallest absolute Gasteiger partial charge is 0.337 e. The number of sulfonamides is 1. The molecule has 1 aromatic carbocycles. The van der Waals surface area contributed by atoms with Crippen LogP contribution in [0.4, 0.5) is 0 Å². The molecule has 1 aliphatic rings. The van der Waals surface area contributed by atoms with Gasteiger partial charge in [0.25, 0.3) is 0 Å². The number of carboxylic acids is 1. The fraction of sp³-hybridized carbons (Fsp3) is 0.364. The van der Waals surface area contributed by atoms with Gasteiger partial charge in [-0.2, -0.15) is 0 Å². The molecule has 1 fully saturated rings. The summed E-state index contributed by atoms with van der Waals surface area (Å²) in [7, 11) is -7.92. The maximum absolute atomic E-state index is 12.3. The lowest BCUT2D eigenvalue weighted by atomic mass is 10.2. The lowest BCUT2D eigenvalue weighted by Gasteiger charge is -2.16. The molecule has 0 radical (unpaired) electrons. The Balaban J connectivity index is 2.41. The number of benzene rings is 1. The molecular weight excluding hydrogens is 393 g/mol. The van der Waals surface area contributed by atoms with E-state index in [0.29, 0.717) is 0 Å². The predicted octanol–water partition coefficient (Wildman–Crippen LogP) is 0.128. The Bertz CT molecular complexity index is 867. The molecule has 12 heteroatoms. The molecule has 2 rings (SSSR count). The van der Waals surface area contributed by atoms with E-state index in [1.807, 2.05) is 4.72 Å². The highest BCUT2D eigenvalue weighted by Gasteiger charge is 2.39. The second-order valence-corrected chi connectivity index (χ2v) is 9.59. The fourth-order valence-corrected chi connectivity index (χ4v) is 6.07. The van der Waals surface area contributed by atoms with Crippen LogP contribution in [0.2, 0.25) is 10.0 Å². The van der Waals surface area contributed by atoms with Gasteiger partial charge >= 0.3 is 5.97 Å². The van der Waals surface area contributed by atoms with E-state index in [4.69, 9.17) is 28.3 Å². The van der Waals surface area contributed by atoms with Gasteiger partial charge in [-0.05, 0) is 12.1 Å². The van der Waals surface area contributed by atoms with E-state index in [0.717, 1.165) is 12.1 Å². The van der Waals surface area contributed by atoms with Crippen LogP contribution in [0.3, 0.4) is 0 Å². The normalized spacial score (nSPS) is 23.8. The molecule has 1 heterocycles. The summed E-state index contributed by atoms with van der Waals surface area (Å²) in [6.45, 7) is 0. The number of carbonyl (C=O) groups is 1. The van der Waals surface area contributed by atoms with Gasteiger partial charge in [0.1, 0.15) is 4.90 Å². The maximum atomic E-state index is 12.3. The number of nitrogens with one attached hydrogen (secondary N) is 1. The van der Waals surface area contributed by atoms with Crippen LogP contribution in [0, 0.1) is 0 Å². The zero-order valence-electron chi connectivity index (χ0n) is 11.2. The van der Waals surface area contributed by atoms with Crippen molar-refractivity contribution in [3.8, 4) is 0 Å². The average Bonchev–Trinajstić information content (AvgIpc) is 2.60. The molecule has 0 saturated carbocycles. The van der Waals surface area contributed by atoms with Gasteiger partial charge in [0.05, 0.1) is 39.3 Å². The second kappa shape index (κ2) is 6.19. The van der Waals surface area contributed by atoms with E-state index >= 15 is 0 Å². The Hall–Kier alpha value is -0.910. The van der Waals surface area contributed by atoms with Crippen molar-refractivity contribution < 1.29 is 31.8 Å². The van der Waals surface area contributed by atoms with Crippen molar-refractivity contribution in [2.45, 2.75) is 17.0 Å². The first-order valence-electron chi connectivity index (χ1n) is 6.06. The summed E-state index contributed by atoms with van der Waals surface area (Å²) in [6.07, 6.45) is -1.40. The molecule has 2 unspecified atom stereocenters. The number of halogens is 2. The zero-order chi connectivity index (χ0) is 17.6. The number of carboxylic acid groups (broad SMARTS) is 1. The van der Waals surface area contributed by atoms with Gasteiger partial charge in [0, 0.05) is 0 Å². The number of hydrogen-bond donors (Lipinski definition) is 3. The number of aliphatic hydroxyl groups is 1. The van der Waals surface area contributed by atoms with Crippen LogP contribution in [0.5, 0.6) is 0 Å². The van der Waals surface area contributed by atoms with Crippen molar-refractivity contribution in [1.82, 2.24) is 4.72 Å². The lowest BCUT2D eigenvalue weighted by Crippen LogP contribution is -2.42. The molecule has 0 aliphatic carbocycles. The molecule has 2 atom stereocenters. The third-order valence-corrected chi connectivity index (χ3v) is 7.15. The third kappa shape index (κ3) is 3.95. The highest BCUT2D eigenvalue weighted by molar-refractivity contribution is 7.92. The summed E-state index contributed by atoms with van der Waals surface area (Å²) in [6, 6.07) is 0.485. The summed E-state index contributed by atoms with van der Waals surface area (Å²) < 4.78 is 49.5. The first kappa shape index (κ1) is 18.4. The monoisotopic (exact) mass is 403 g/mol. The third-order valence-electron chi connectivity index (χ3n) is 3.17. The molecule has 1 aliphatic heterocycles. The van der Waals surface area contributed by atoms with Gasteiger partial charge in [-0.3, -0.25) is 0 Å². The van der Waals surface area contributed by atoms with Crippen LogP contribution < -0.4 is 4.72 Å². The standard InChI is InChI=1S/C11H11Cl2NO7S2/c12-6-2-7(13)10(1-5(6)11(16)17)23(20,21)14-8-3-22(18,19)4-9(8)15/h1-2,8-9,14-15H,3-4H2,(H,16,17). The van der Waals surface area contributed by atoms with Gasteiger partial charge < -0.3 is 10.2 Å². The topological polar surface area (TPSA) is 138 Å². The lowest BCUT2D eigenvalue weighted by molar-refractivity contribution is 0.0696. The summed E-state index contributed by atoms with van der Waals surface area (Å²) >= 11 is 11.5. The molecule has 1 saturated heterocycles. The Morgan fingerprint density at radius 2 is 1.83 bits per heavy atom. The number of aromatic carboxylic acids is 1. The molecule has 0 amide bonds. The first-order valence-corrected chi connectivity index (χ1v) is 10.1. The van der Waals surface area contributed by atoms with E-state index in [1.54, 1.807) is 0 Å². The van der Waals surface area contributed by atoms with E-state index < -0.39 is 59.9 Å². The van der Waals surface area contributed by atoms with E-state index in [1.165, 1.54) is 0 Å². The van der Waals surface area contributed by atoms with Crippen LogP contribution in [-0.4, -0.2) is 56.7 Å². The van der Waals surface area contributed by atoms with Gasteiger partial charge in [-0.1, -0.05) is 23.2 Å². The molecule has 1 aromatic rings. The minimum Gasteiger partial charge on any atom is -0.478 e. The van der Waals surface area contributed by atoms with Gasteiger partial charge in [-0.15, -0.1) is 0 Å². The summed E-state index contributed by atoms with van der Waals surface area (Å²) in [4.78, 5) is 10.5. The average molecular weight is 404 g/mol. The minimum atomic E-state index is -4.36. The van der Waals surface area contributed by atoms with Crippen LogP contribution in [0.1, 0.15) is 10.4 Å². The second-order valence-electron chi connectivity index (χ2n) is 4.94. The molecule has 0 aromatic heterocycles. The number of hydrogen-bond acceptors (Lipinski definition) is 6. The molecule has 8 nitrogen and oxygen atoms in total. The molecule has 23 heavy (non-hydrogen) atoms. The van der Waals surface area contributed by atoms with Crippen LogP contribution in [-0.2, 0) is 19.9 Å². The minimum absolute atomic E-state index is 0.245. The van der Waals surface area contributed by atoms with E-state index in [-0.39, 0.29) is 10.0 Å². The maximum Gasteiger partial charge on any atom is 0.337 e. The molecule has 0 bridgehead atoms. The van der Waals surface area contributed by atoms with Crippen molar-refractivity contribution in [3.63, 3.8) is 0 Å². The largest absolute Gasteiger partial charge is 0.478 e. The number of rotatable bonds is 4. The summed E-state index contributed by atoms with van der Waals surface area (Å²) in [5, 5.41) is 18.0. The Labute approximate surface area is 142 Å². The van der Waals surface area contributed by atoms with Crippen LogP contribution in [0.25, 0.3) is 0 Å². The van der Waals surface area contributed by atoms with Crippen molar-refractivity contribution in [1.29, 1.82) is 0 Å². The van der Waals surface area contributed by atoms with Crippen molar-refractivity contribution >= 4 is 49.0 Å².